The third-order valence-corrected chi connectivity index (χ3v) is 3.17. The van der Waals surface area contributed by atoms with Crippen LogP contribution in [-0.4, -0.2) is 52.5 Å². The Labute approximate surface area is 116 Å². The van der Waals surface area contributed by atoms with Crippen LogP contribution in [0.4, 0.5) is 11.5 Å². The number of piperazine rings is 1. The molecule has 8 heteroatoms. The summed E-state index contributed by atoms with van der Waals surface area (Å²) in [5.74, 6) is -0.129. The van der Waals surface area contributed by atoms with Gasteiger partial charge < -0.3 is 20.7 Å². The fourth-order valence-corrected chi connectivity index (χ4v) is 2.24. The highest BCUT2D eigenvalue weighted by atomic mass is 32.1. The zero-order valence-corrected chi connectivity index (χ0v) is 11.2. The lowest BCUT2D eigenvalue weighted by atomic mass is 10.2. The maximum atomic E-state index is 10.5. The first-order valence-corrected chi connectivity index (χ1v) is 6.33. The second-order valence-electron chi connectivity index (χ2n) is 4.36. The largest absolute Gasteiger partial charge is 0.392 e. The van der Waals surface area contributed by atoms with Crippen LogP contribution in [0.15, 0.2) is 18.3 Å². The smallest absolute Gasteiger partial charge is 0.363 e. The van der Waals surface area contributed by atoms with Gasteiger partial charge in [-0.25, -0.2) is 0 Å². The zero-order chi connectivity index (χ0) is 13.8. The molecule has 0 aromatic carbocycles. The van der Waals surface area contributed by atoms with Gasteiger partial charge in [0.1, 0.15) is 0 Å². The van der Waals surface area contributed by atoms with Crippen molar-refractivity contribution in [3.8, 4) is 0 Å². The van der Waals surface area contributed by atoms with Crippen molar-refractivity contribution in [3.05, 3.63) is 28.4 Å². The third kappa shape index (κ3) is 3.58. The number of pyridine rings is 1. The molecule has 0 unspecified atom stereocenters. The summed E-state index contributed by atoms with van der Waals surface area (Å²) in [5, 5.41) is 10.5. The molecule has 0 radical (unpaired) electrons. The maximum absolute atomic E-state index is 10.5. The van der Waals surface area contributed by atoms with Gasteiger partial charge in [-0.05, 0) is 16.0 Å². The van der Waals surface area contributed by atoms with Crippen molar-refractivity contribution in [1.29, 1.82) is 0 Å². The van der Waals surface area contributed by atoms with E-state index < -0.39 is 4.92 Å². The van der Waals surface area contributed by atoms with Crippen molar-refractivity contribution in [2.24, 2.45) is 5.73 Å². The second kappa shape index (κ2) is 5.89. The molecule has 0 amide bonds. The van der Waals surface area contributed by atoms with Gasteiger partial charge in [0, 0.05) is 38.8 Å². The van der Waals surface area contributed by atoms with Gasteiger partial charge >= 0.3 is 5.82 Å². The Bertz CT molecular complexity index is 470. The van der Waals surface area contributed by atoms with E-state index in [0.29, 0.717) is 11.5 Å². The predicted octanol–water partition coefficient (Wildman–Crippen LogP) is 0.398. The number of hydrogen-bond acceptors (Lipinski definition) is 6. The summed E-state index contributed by atoms with van der Waals surface area (Å²) in [7, 11) is 0. The number of thiocarbonyl (C=S) groups is 1. The molecule has 1 aliphatic heterocycles. The standard InChI is InChI=1S/C11H15N5O2S/c12-10(19)8-14-3-5-15(6-4-14)9-1-2-11(13-7-9)16(17)18/h1-2,7H,3-6,8H2,(H2,12,19). The molecule has 0 bridgehead atoms. The summed E-state index contributed by atoms with van der Waals surface area (Å²) < 4.78 is 0. The topological polar surface area (TPSA) is 88.5 Å². The predicted molar refractivity (Wildman–Crippen MR) is 76.3 cm³/mol. The minimum atomic E-state index is -0.496. The van der Waals surface area contributed by atoms with E-state index in [2.05, 4.69) is 14.8 Å². The minimum absolute atomic E-state index is 0.129. The van der Waals surface area contributed by atoms with E-state index in [1.54, 1.807) is 12.3 Å². The number of hydrogen-bond donors (Lipinski definition) is 1. The summed E-state index contributed by atoms with van der Waals surface area (Å²) >= 11 is 4.89. The van der Waals surface area contributed by atoms with Gasteiger partial charge in [0.05, 0.1) is 10.7 Å². The molecule has 19 heavy (non-hydrogen) atoms. The minimum Gasteiger partial charge on any atom is -0.392 e. The zero-order valence-electron chi connectivity index (χ0n) is 10.4. The average Bonchev–Trinajstić information content (AvgIpc) is 2.39. The van der Waals surface area contributed by atoms with E-state index >= 15 is 0 Å². The van der Waals surface area contributed by atoms with Gasteiger partial charge in [0.2, 0.25) is 0 Å². The van der Waals surface area contributed by atoms with Crippen LogP contribution < -0.4 is 10.6 Å². The number of nitrogens with zero attached hydrogens (tertiary/aromatic N) is 4. The van der Waals surface area contributed by atoms with Crippen molar-refractivity contribution in [1.82, 2.24) is 9.88 Å². The van der Waals surface area contributed by atoms with Gasteiger partial charge in [-0.15, -0.1) is 0 Å². The first kappa shape index (κ1) is 13.6. The van der Waals surface area contributed by atoms with E-state index in [9.17, 15) is 10.1 Å². The fourth-order valence-electron chi connectivity index (χ4n) is 2.06. The van der Waals surface area contributed by atoms with Gasteiger partial charge in [-0.1, -0.05) is 12.2 Å². The molecular formula is C11H15N5O2S. The van der Waals surface area contributed by atoms with E-state index in [-0.39, 0.29) is 5.82 Å². The van der Waals surface area contributed by atoms with Gasteiger partial charge in [-0.3, -0.25) is 4.90 Å². The number of rotatable bonds is 4. The molecule has 2 heterocycles. The Balaban J connectivity index is 1.94. The summed E-state index contributed by atoms with van der Waals surface area (Å²) in [6, 6.07) is 3.16. The van der Waals surface area contributed by atoms with Crippen molar-refractivity contribution in [2.45, 2.75) is 0 Å². The highest BCUT2D eigenvalue weighted by Crippen LogP contribution is 2.17. The Kier molecular flexibility index (Phi) is 4.23. The SMILES string of the molecule is NC(=S)CN1CCN(c2ccc([N+](=O)[O-])nc2)CC1. The number of aromatic nitrogens is 1. The molecular weight excluding hydrogens is 266 g/mol. The Morgan fingerprint density at radius 1 is 1.42 bits per heavy atom. The maximum Gasteiger partial charge on any atom is 0.363 e. The van der Waals surface area contributed by atoms with E-state index in [0.717, 1.165) is 31.9 Å². The van der Waals surface area contributed by atoms with Crippen LogP contribution in [0.3, 0.4) is 0 Å². The van der Waals surface area contributed by atoms with E-state index in [4.69, 9.17) is 18.0 Å². The summed E-state index contributed by atoms with van der Waals surface area (Å²) in [5.41, 5.74) is 6.42. The number of anilines is 1. The normalized spacial score (nSPS) is 16.3. The molecule has 1 aliphatic rings. The lowest BCUT2D eigenvalue weighted by molar-refractivity contribution is -0.389. The molecule has 1 saturated heterocycles. The van der Waals surface area contributed by atoms with Crippen LogP contribution in [0, 0.1) is 10.1 Å². The van der Waals surface area contributed by atoms with Crippen molar-refractivity contribution < 1.29 is 4.92 Å². The molecule has 102 valence electrons. The van der Waals surface area contributed by atoms with E-state index in [1.807, 2.05) is 0 Å². The summed E-state index contributed by atoms with van der Waals surface area (Å²) in [4.78, 5) is 18.7. The summed E-state index contributed by atoms with van der Waals surface area (Å²) in [6.45, 7) is 4.05. The number of nitrogens with two attached hydrogens (primary N) is 1. The summed E-state index contributed by atoms with van der Waals surface area (Å²) in [6.07, 6.45) is 1.54. The van der Waals surface area contributed by atoms with Crippen LogP contribution >= 0.6 is 12.2 Å². The molecule has 7 nitrogen and oxygen atoms in total. The second-order valence-corrected chi connectivity index (χ2v) is 4.89. The van der Waals surface area contributed by atoms with Crippen LogP contribution in [0.5, 0.6) is 0 Å². The van der Waals surface area contributed by atoms with Crippen LogP contribution in [0.25, 0.3) is 0 Å². The molecule has 0 aliphatic carbocycles. The molecule has 1 aromatic heterocycles. The Hall–Kier alpha value is -1.80. The van der Waals surface area contributed by atoms with Gasteiger partial charge in [0.15, 0.2) is 6.20 Å². The molecule has 0 spiro atoms. The molecule has 2 N–H and O–H groups in total. The third-order valence-electron chi connectivity index (χ3n) is 3.04. The van der Waals surface area contributed by atoms with Crippen molar-refractivity contribution in [3.63, 3.8) is 0 Å². The van der Waals surface area contributed by atoms with Gasteiger partial charge in [0.25, 0.3) is 0 Å². The first-order valence-electron chi connectivity index (χ1n) is 5.92. The van der Waals surface area contributed by atoms with Crippen molar-refractivity contribution in [2.75, 3.05) is 37.6 Å². The van der Waals surface area contributed by atoms with Crippen LogP contribution in [-0.2, 0) is 0 Å². The Morgan fingerprint density at radius 3 is 2.58 bits per heavy atom. The fraction of sp³-hybridized carbons (Fsp3) is 0.455. The monoisotopic (exact) mass is 281 g/mol. The van der Waals surface area contributed by atoms with Crippen LogP contribution in [0.2, 0.25) is 0 Å². The molecule has 1 fully saturated rings. The molecule has 1 aromatic rings. The van der Waals surface area contributed by atoms with Crippen molar-refractivity contribution >= 4 is 28.7 Å². The quantitative estimate of drug-likeness (QED) is 0.485. The lowest BCUT2D eigenvalue weighted by Gasteiger charge is -2.35. The van der Waals surface area contributed by atoms with Crippen LogP contribution in [0.1, 0.15) is 0 Å². The lowest BCUT2D eigenvalue weighted by Crippen LogP contribution is -2.48. The highest BCUT2D eigenvalue weighted by Gasteiger charge is 2.19. The molecule has 2 rings (SSSR count). The Morgan fingerprint density at radius 2 is 2.11 bits per heavy atom. The highest BCUT2D eigenvalue weighted by molar-refractivity contribution is 7.80. The molecule has 0 saturated carbocycles. The average molecular weight is 281 g/mol. The van der Waals surface area contributed by atoms with Gasteiger partial charge in [-0.2, -0.15) is 0 Å². The first-order chi connectivity index (χ1) is 9.06. The number of nitro groups is 1. The van der Waals surface area contributed by atoms with E-state index in [1.165, 1.54) is 6.07 Å². The molecule has 0 atom stereocenters.